The zero-order valence-electron chi connectivity index (χ0n) is 10.5. The predicted molar refractivity (Wildman–Crippen MR) is 88.8 cm³/mol. The van der Waals surface area contributed by atoms with Gasteiger partial charge in [0.15, 0.2) is 0 Å². The normalized spacial score (nSPS) is 12.6. The fraction of sp³-hybridized carbons (Fsp3) is 0.0588. The van der Waals surface area contributed by atoms with Gasteiger partial charge in [0, 0.05) is 0 Å². The highest BCUT2D eigenvalue weighted by atomic mass is 79.9. The third kappa shape index (κ3) is 2.52. The SMILES string of the molecule is Fc1cc(C(Br)c2cccc3ccccc23)ccc1Br. The molecule has 3 aromatic carbocycles. The van der Waals surface area contributed by atoms with Crippen molar-refractivity contribution in [3.63, 3.8) is 0 Å². The van der Waals surface area contributed by atoms with E-state index in [2.05, 4.69) is 56.1 Å². The summed E-state index contributed by atoms with van der Waals surface area (Å²) in [7, 11) is 0. The summed E-state index contributed by atoms with van der Waals surface area (Å²) in [4.78, 5) is -0.0313. The van der Waals surface area contributed by atoms with Crippen LogP contribution in [0.5, 0.6) is 0 Å². The number of fused-ring (bicyclic) bond motifs is 1. The van der Waals surface area contributed by atoms with Crippen LogP contribution in [0, 0.1) is 5.82 Å². The minimum absolute atomic E-state index is 0.0313. The van der Waals surface area contributed by atoms with Crippen LogP contribution in [0.25, 0.3) is 10.8 Å². The standard InChI is InChI=1S/C17H11Br2F/c18-15-9-8-12(10-16(15)20)17(19)14-7-3-5-11-4-1-2-6-13(11)14/h1-10,17H. The van der Waals surface area contributed by atoms with Crippen LogP contribution >= 0.6 is 31.9 Å². The van der Waals surface area contributed by atoms with Crippen LogP contribution in [0.3, 0.4) is 0 Å². The summed E-state index contributed by atoms with van der Waals surface area (Å²) in [6.07, 6.45) is 0. The molecule has 0 heterocycles. The maximum atomic E-state index is 13.7. The molecule has 3 aromatic rings. The molecule has 0 fully saturated rings. The number of benzene rings is 3. The van der Waals surface area contributed by atoms with Gasteiger partial charge in [-0.1, -0.05) is 64.5 Å². The van der Waals surface area contributed by atoms with Crippen molar-refractivity contribution in [1.29, 1.82) is 0 Å². The smallest absolute Gasteiger partial charge is 0.137 e. The molecule has 3 heteroatoms. The Morgan fingerprint density at radius 2 is 1.65 bits per heavy atom. The van der Waals surface area contributed by atoms with Crippen molar-refractivity contribution in [2.45, 2.75) is 4.83 Å². The second kappa shape index (κ2) is 5.66. The molecular formula is C17H11Br2F. The van der Waals surface area contributed by atoms with Crippen molar-refractivity contribution in [3.05, 3.63) is 82.1 Å². The number of hydrogen-bond donors (Lipinski definition) is 0. The van der Waals surface area contributed by atoms with Crippen molar-refractivity contribution in [3.8, 4) is 0 Å². The summed E-state index contributed by atoms with van der Waals surface area (Å²) in [5, 5.41) is 2.37. The quantitative estimate of drug-likeness (QED) is 0.453. The largest absolute Gasteiger partial charge is 0.206 e. The van der Waals surface area contributed by atoms with E-state index in [-0.39, 0.29) is 10.6 Å². The lowest BCUT2D eigenvalue weighted by molar-refractivity contribution is 0.619. The highest BCUT2D eigenvalue weighted by molar-refractivity contribution is 9.10. The molecule has 0 nitrogen and oxygen atoms in total. The molecule has 20 heavy (non-hydrogen) atoms. The second-order valence-electron chi connectivity index (χ2n) is 4.60. The average Bonchev–Trinajstić information content (AvgIpc) is 2.49. The minimum atomic E-state index is -0.243. The summed E-state index contributed by atoms with van der Waals surface area (Å²) in [6.45, 7) is 0. The highest BCUT2D eigenvalue weighted by Crippen LogP contribution is 2.36. The fourth-order valence-corrected chi connectivity index (χ4v) is 3.25. The topological polar surface area (TPSA) is 0 Å². The van der Waals surface area contributed by atoms with Crippen molar-refractivity contribution in [2.75, 3.05) is 0 Å². The fourth-order valence-electron chi connectivity index (χ4n) is 2.32. The number of hydrogen-bond acceptors (Lipinski definition) is 0. The minimum Gasteiger partial charge on any atom is -0.206 e. The molecule has 1 atom stereocenters. The third-order valence-electron chi connectivity index (χ3n) is 3.33. The van der Waals surface area contributed by atoms with E-state index in [0.29, 0.717) is 4.47 Å². The van der Waals surface area contributed by atoms with Crippen LogP contribution < -0.4 is 0 Å². The van der Waals surface area contributed by atoms with Gasteiger partial charge in [0.2, 0.25) is 0 Å². The van der Waals surface area contributed by atoms with Gasteiger partial charge in [0.05, 0.1) is 9.30 Å². The second-order valence-corrected chi connectivity index (χ2v) is 6.37. The first-order valence-corrected chi connectivity index (χ1v) is 7.94. The molecule has 0 aliphatic heterocycles. The zero-order valence-corrected chi connectivity index (χ0v) is 13.7. The Morgan fingerprint density at radius 3 is 2.45 bits per heavy atom. The van der Waals surface area contributed by atoms with Crippen molar-refractivity contribution in [2.24, 2.45) is 0 Å². The molecule has 1 unspecified atom stereocenters. The van der Waals surface area contributed by atoms with Gasteiger partial charge < -0.3 is 0 Å². The first-order valence-electron chi connectivity index (χ1n) is 6.23. The van der Waals surface area contributed by atoms with E-state index < -0.39 is 0 Å². The maximum absolute atomic E-state index is 13.7. The molecular weight excluding hydrogens is 383 g/mol. The first-order chi connectivity index (χ1) is 9.66. The van der Waals surface area contributed by atoms with Gasteiger partial charge in [-0.05, 0) is 50.0 Å². The van der Waals surface area contributed by atoms with E-state index in [1.165, 1.54) is 10.8 Å². The van der Waals surface area contributed by atoms with Crippen LogP contribution in [-0.2, 0) is 0 Å². The van der Waals surface area contributed by atoms with Crippen LogP contribution in [0.2, 0.25) is 0 Å². The molecule has 0 aliphatic rings. The maximum Gasteiger partial charge on any atom is 0.137 e. The summed E-state index contributed by atoms with van der Waals surface area (Å²) in [5.41, 5.74) is 2.05. The average molecular weight is 394 g/mol. The van der Waals surface area contributed by atoms with Gasteiger partial charge in [0.25, 0.3) is 0 Å². The Kier molecular flexibility index (Phi) is 3.90. The molecule has 0 N–H and O–H groups in total. The van der Waals surface area contributed by atoms with Crippen LogP contribution in [0.1, 0.15) is 16.0 Å². The monoisotopic (exact) mass is 392 g/mol. The number of halogens is 3. The van der Waals surface area contributed by atoms with Gasteiger partial charge in [-0.15, -0.1) is 0 Å². The molecule has 0 saturated heterocycles. The van der Waals surface area contributed by atoms with E-state index in [0.717, 1.165) is 11.1 Å². The van der Waals surface area contributed by atoms with Crippen LogP contribution in [0.15, 0.2) is 65.1 Å². The Hall–Kier alpha value is -1.19. The van der Waals surface area contributed by atoms with Crippen molar-refractivity contribution in [1.82, 2.24) is 0 Å². The van der Waals surface area contributed by atoms with Crippen molar-refractivity contribution < 1.29 is 4.39 Å². The molecule has 0 radical (unpaired) electrons. The Balaban J connectivity index is 2.12. The molecule has 0 aromatic heterocycles. The van der Waals surface area contributed by atoms with Crippen LogP contribution in [-0.4, -0.2) is 0 Å². The molecule has 0 saturated carbocycles. The van der Waals surface area contributed by atoms with E-state index in [4.69, 9.17) is 0 Å². The summed E-state index contributed by atoms with van der Waals surface area (Å²) < 4.78 is 14.2. The highest BCUT2D eigenvalue weighted by Gasteiger charge is 2.14. The Morgan fingerprint density at radius 1 is 0.900 bits per heavy atom. The number of alkyl halides is 1. The van der Waals surface area contributed by atoms with Gasteiger partial charge >= 0.3 is 0 Å². The third-order valence-corrected chi connectivity index (χ3v) is 5.00. The molecule has 0 aliphatic carbocycles. The molecule has 0 bridgehead atoms. The Labute approximate surface area is 133 Å². The predicted octanol–water partition coefficient (Wildman–Crippen LogP) is 6.23. The van der Waals surface area contributed by atoms with Crippen LogP contribution in [0.4, 0.5) is 4.39 Å². The molecule has 0 spiro atoms. The lowest BCUT2D eigenvalue weighted by Crippen LogP contribution is -1.95. The summed E-state index contributed by atoms with van der Waals surface area (Å²) >= 11 is 6.88. The first kappa shape index (κ1) is 13.8. The Bertz CT molecular complexity index is 763. The van der Waals surface area contributed by atoms with E-state index in [9.17, 15) is 4.39 Å². The summed E-state index contributed by atoms with van der Waals surface area (Å²) in [5.74, 6) is -0.243. The van der Waals surface area contributed by atoms with Gasteiger partial charge in [-0.25, -0.2) is 4.39 Å². The summed E-state index contributed by atoms with van der Waals surface area (Å²) in [6, 6.07) is 19.6. The molecule has 0 amide bonds. The lowest BCUT2D eigenvalue weighted by atomic mass is 9.98. The lowest BCUT2D eigenvalue weighted by Gasteiger charge is -2.14. The van der Waals surface area contributed by atoms with E-state index in [1.54, 1.807) is 12.1 Å². The molecule has 3 rings (SSSR count). The van der Waals surface area contributed by atoms with Gasteiger partial charge in [-0.2, -0.15) is 0 Å². The zero-order chi connectivity index (χ0) is 14.1. The molecule has 100 valence electrons. The van der Waals surface area contributed by atoms with E-state index >= 15 is 0 Å². The van der Waals surface area contributed by atoms with E-state index in [1.807, 2.05) is 24.3 Å². The van der Waals surface area contributed by atoms with Crippen molar-refractivity contribution >= 4 is 42.6 Å². The van der Waals surface area contributed by atoms with Gasteiger partial charge in [0.1, 0.15) is 5.82 Å². The number of rotatable bonds is 2. The van der Waals surface area contributed by atoms with Gasteiger partial charge in [-0.3, -0.25) is 0 Å².